The van der Waals surface area contributed by atoms with Crippen molar-refractivity contribution in [2.45, 2.75) is 36.1 Å². The number of sulfonamides is 1. The summed E-state index contributed by atoms with van der Waals surface area (Å²) in [5.41, 5.74) is -1.25. The second-order valence-corrected chi connectivity index (χ2v) is 6.63. The van der Waals surface area contributed by atoms with Crippen LogP contribution in [0.1, 0.15) is 25.7 Å². The lowest BCUT2D eigenvalue weighted by Crippen LogP contribution is -2.54. The highest BCUT2D eigenvalue weighted by molar-refractivity contribution is 7.89. The molecule has 1 aliphatic carbocycles. The molecule has 0 heterocycles. The highest BCUT2D eigenvalue weighted by Gasteiger charge is 2.43. The van der Waals surface area contributed by atoms with E-state index in [2.05, 4.69) is 0 Å². The second kappa shape index (κ2) is 5.30. The summed E-state index contributed by atoms with van der Waals surface area (Å²) in [6, 6.07) is 0.505. The summed E-state index contributed by atoms with van der Waals surface area (Å²) in [5.74, 6) is -5.60. The molecule has 1 fully saturated rings. The predicted octanol–water partition coefficient (Wildman–Crippen LogP) is 1.78. The van der Waals surface area contributed by atoms with Crippen LogP contribution in [0.25, 0.3) is 0 Å². The molecule has 1 aliphatic rings. The third-order valence-corrected chi connectivity index (χ3v) is 5.01. The van der Waals surface area contributed by atoms with Gasteiger partial charge in [-0.05, 0) is 19.3 Å². The van der Waals surface area contributed by atoms with Crippen LogP contribution in [0.5, 0.6) is 0 Å². The molecule has 0 atom stereocenters. The average molecular weight is 323 g/mol. The molecule has 0 spiro atoms. The van der Waals surface area contributed by atoms with Gasteiger partial charge in [-0.2, -0.15) is 0 Å². The molecule has 116 valence electrons. The lowest BCUT2D eigenvalue weighted by atomic mass is 9.75. The number of rotatable bonds is 5. The Kier molecular flexibility index (Phi) is 3.98. The van der Waals surface area contributed by atoms with Gasteiger partial charge in [-0.3, -0.25) is 4.79 Å². The van der Waals surface area contributed by atoms with E-state index in [0.29, 0.717) is 6.42 Å². The summed E-state index contributed by atoms with van der Waals surface area (Å²) in [6.07, 6.45) is 0.618. The van der Waals surface area contributed by atoms with E-state index >= 15 is 0 Å². The van der Waals surface area contributed by atoms with Crippen molar-refractivity contribution in [1.82, 2.24) is 4.72 Å². The predicted molar refractivity (Wildman–Crippen MR) is 65.5 cm³/mol. The first kappa shape index (κ1) is 15.8. The number of carboxylic acid groups (broad SMARTS) is 1. The summed E-state index contributed by atoms with van der Waals surface area (Å²) in [7, 11) is -4.63. The van der Waals surface area contributed by atoms with Crippen molar-refractivity contribution in [1.29, 1.82) is 0 Å². The summed E-state index contributed by atoms with van der Waals surface area (Å²) in [4.78, 5) is 9.47. The Labute approximate surface area is 118 Å². The van der Waals surface area contributed by atoms with Crippen molar-refractivity contribution in [2.75, 3.05) is 0 Å². The second-order valence-electron chi connectivity index (χ2n) is 5.01. The number of halogens is 3. The van der Waals surface area contributed by atoms with E-state index in [1.807, 2.05) is 4.72 Å². The quantitative estimate of drug-likeness (QED) is 0.865. The third-order valence-electron chi connectivity index (χ3n) is 3.38. The molecule has 0 unspecified atom stereocenters. The maximum atomic E-state index is 13.6. The van der Waals surface area contributed by atoms with E-state index in [-0.39, 0.29) is 25.0 Å². The van der Waals surface area contributed by atoms with E-state index in [9.17, 15) is 26.4 Å². The zero-order valence-electron chi connectivity index (χ0n) is 10.7. The Morgan fingerprint density at radius 1 is 1.24 bits per heavy atom. The highest BCUT2D eigenvalue weighted by atomic mass is 32.2. The Bertz CT molecular complexity index is 663. The van der Waals surface area contributed by atoms with Crippen molar-refractivity contribution in [3.63, 3.8) is 0 Å². The van der Waals surface area contributed by atoms with Gasteiger partial charge in [-0.25, -0.2) is 26.3 Å². The normalized spacial score (nSPS) is 17.3. The topological polar surface area (TPSA) is 83.5 Å². The van der Waals surface area contributed by atoms with Crippen molar-refractivity contribution < 1.29 is 31.5 Å². The zero-order valence-corrected chi connectivity index (χ0v) is 11.5. The van der Waals surface area contributed by atoms with Crippen LogP contribution in [0.3, 0.4) is 0 Å². The van der Waals surface area contributed by atoms with Crippen LogP contribution in [0, 0.1) is 17.5 Å². The summed E-state index contributed by atoms with van der Waals surface area (Å²) in [6.45, 7) is 0. The van der Waals surface area contributed by atoms with Crippen LogP contribution in [0.2, 0.25) is 0 Å². The molecule has 0 aliphatic heterocycles. The molecule has 0 amide bonds. The molecule has 2 rings (SSSR count). The summed E-state index contributed by atoms with van der Waals surface area (Å²) >= 11 is 0. The van der Waals surface area contributed by atoms with E-state index in [4.69, 9.17) is 5.11 Å². The van der Waals surface area contributed by atoms with Crippen molar-refractivity contribution in [2.24, 2.45) is 0 Å². The van der Waals surface area contributed by atoms with Gasteiger partial charge in [-0.1, -0.05) is 0 Å². The Hall–Kier alpha value is -1.61. The highest BCUT2D eigenvalue weighted by Crippen LogP contribution is 2.37. The van der Waals surface area contributed by atoms with Crippen LogP contribution in [0.4, 0.5) is 13.2 Å². The number of hydrogen-bond acceptors (Lipinski definition) is 3. The molecule has 9 heteroatoms. The molecule has 0 saturated heterocycles. The van der Waals surface area contributed by atoms with Crippen LogP contribution in [-0.2, 0) is 14.8 Å². The Morgan fingerprint density at radius 3 is 2.14 bits per heavy atom. The number of hydrogen-bond donors (Lipinski definition) is 2. The molecule has 2 N–H and O–H groups in total. The fourth-order valence-electron chi connectivity index (χ4n) is 2.33. The maximum Gasteiger partial charge on any atom is 0.305 e. The monoisotopic (exact) mass is 323 g/mol. The van der Waals surface area contributed by atoms with Crippen molar-refractivity contribution >= 4 is 16.0 Å². The fraction of sp³-hybridized carbons (Fsp3) is 0.417. The first-order valence-electron chi connectivity index (χ1n) is 6.06. The minimum Gasteiger partial charge on any atom is -0.481 e. The van der Waals surface area contributed by atoms with Gasteiger partial charge >= 0.3 is 5.97 Å². The molecule has 1 aromatic carbocycles. The summed E-state index contributed by atoms with van der Waals surface area (Å²) < 4.78 is 66.1. The van der Waals surface area contributed by atoms with Crippen molar-refractivity contribution in [3.05, 3.63) is 29.6 Å². The third kappa shape index (κ3) is 3.18. The standard InChI is InChI=1S/C12H12F3NO4S/c13-7-4-8(14)11(9(15)5-7)21(19,20)16-12(2-1-3-12)6-10(17)18/h4-5,16H,1-3,6H2,(H,17,18). The van der Waals surface area contributed by atoms with Gasteiger partial charge < -0.3 is 5.11 Å². The Morgan fingerprint density at radius 2 is 1.76 bits per heavy atom. The first-order valence-corrected chi connectivity index (χ1v) is 7.54. The van der Waals surface area contributed by atoms with Gasteiger partial charge in [0.1, 0.15) is 17.5 Å². The number of benzene rings is 1. The molecule has 0 radical (unpaired) electrons. The maximum absolute atomic E-state index is 13.6. The van der Waals surface area contributed by atoms with Crippen LogP contribution < -0.4 is 4.72 Å². The minimum atomic E-state index is -4.63. The molecular formula is C12H12F3NO4S. The van der Waals surface area contributed by atoms with Gasteiger partial charge in [-0.15, -0.1) is 0 Å². The molecular weight excluding hydrogens is 311 g/mol. The van der Waals surface area contributed by atoms with Crippen LogP contribution in [0.15, 0.2) is 17.0 Å². The van der Waals surface area contributed by atoms with Crippen molar-refractivity contribution in [3.8, 4) is 0 Å². The largest absolute Gasteiger partial charge is 0.481 e. The zero-order chi connectivity index (χ0) is 15.8. The van der Waals surface area contributed by atoms with Gasteiger partial charge in [0.25, 0.3) is 0 Å². The lowest BCUT2D eigenvalue weighted by Gasteiger charge is -2.40. The lowest BCUT2D eigenvalue weighted by molar-refractivity contribution is -0.139. The molecule has 0 aromatic heterocycles. The van der Waals surface area contributed by atoms with Crippen LogP contribution >= 0.6 is 0 Å². The molecule has 1 saturated carbocycles. The van der Waals surface area contributed by atoms with Gasteiger partial charge in [0.2, 0.25) is 10.0 Å². The van der Waals surface area contributed by atoms with Gasteiger partial charge in [0.15, 0.2) is 4.90 Å². The van der Waals surface area contributed by atoms with Crippen LogP contribution in [-0.4, -0.2) is 25.0 Å². The number of nitrogens with one attached hydrogen (secondary N) is 1. The first-order chi connectivity index (χ1) is 9.65. The minimum absolute atomic E-state index is 0.252. The number of carbonyl (C=O) groups is 1. The van der Waals surface area contributed by atoms with Gasteiger partial charge in [0.05, 0.1) is 6.42 Å². The smallest absolute Gasteiger partial charge is 0.305 e. The number of carboxylic acids is 1. The van der Waals surface area contributed by atoms with E-state index in [1.165, 1.54) is 0 Å². The van der Waals surface area contributed by atoms with E-state index in [0.717, 1.165) is 0 Å². The Balaban J connectivity index is 2.37. The number of aliphatic carboxylic acids is 1. The summed E-state index contributed by atoms with van der Waals surface area (Å²) in [5, 5.41) is 8.79. The molecule has 21 heavy (non-hydrogen) atoms. The van der Waals surface area contributed by atoms with E-state index in [1.54, 1.807) is 0 Å². The molecule has 5 nitrogen and oxygen atoms in total. The SMILES string of the molecule is O=C(O)CC1(NS(=O)(=O)c2c(F)cc(F)cc2F)CCC1. The molecule has 0 bridgehead atoms. The van der Waals surface area contributed by atoms with Gasteiger partial charge in [0, 0.05) is 17.7 Å². The molecule has 1 aromatic rings. The fourth-order valence-corrected chi connectivity index (χ4v) is 3.91. The average Bonchev–Trinajstić information content (AvgIpc) is 2.22. The van der Waals surface area contributed by atoms with E-state index < -0.39 is 50.3 Å².